The summed E-state index contributed by atoms with van der Waals surface area (Å²) in [5, 5.41) is 2.81. The van der Waals surface area contributed by atoms with Crippen LogP contribution in [-0.2, 0) is 4.79 Å². The number of nitrogens with two attached hydrogens (primary N) is 1. The van der Waals surface area contributed by atoms with Gasteiger partial charge < -0.3 is 15.8 Å². The highest BCUT2D eigenvalue weighted by Gasteiger charge is 2.31. The van der Waals surface area contributed by atoms with Crippen LogP contribution in [0.2, 0.25) is 0 Å². The van der Waals surface area contributed by atoms with Gasteiger partial charge in [-0.2, -0.15) is 0 Å². The Bertz CT molecular complexity index is 410. The van der Waals surface area contributed by atoms with E-state index >= 15 is 0 Å². The molecule has 1 atom stereocenters. The largest absolute Gasteiger partial charge is 0.478 e. The molecule has 0 fully saturated rings. The van der Waals surface area contributed by atoms with Gasteiger partial charge in [-0.05, 0) is 26.0 Å². The van der Waals surface area contributed by atoms with Crippen LogP contribution in [0.25, 0.3) is 0 Å². The van der Waals surface area contributed by atoms with Gasteiger partial charge in [0.05, 0.1) is 5.69 Å². The van der Waals surface area contributed by atoms with Gasteiger partial charge in [0.2, 0.25) is 0 Å². The minimum Gasteiger partial charge on any atom is -0.478 e. The standard InChI is InChI=1S/C12H16N2O2/c1-12(2,13)7-10-11(15)14-8-5-3-4-6-9(8)16-10/h3-6,10H,7,13H2,1-2H3,(H,14,15). The molecule has 0 saturated heterocycles. The number of carbonyl (C=O) groups excluding carboxylic acids is 1. The number of amides is 1. The van der Waals surface area contributed by atoms with E-state index < -0.39 is 11.6 Å². The predicted molar refractivity (Wildman–Crippen MR) is 62.4 cm³/mol. The average molecular weight is 220 g/mol. The summed E-state index contributed by atoms with van der Waals surface area (Å²) in [6, 6.07) is 7.39. The third-order valence-corrected chi connectivity index (χ3v) is 2.42. The number of rotatable bonds is 2. The van der Waals surface area contributed by atoms with E-state index in [1.54, 1.807) is 0 Å². The first-order chi connectivity index (χ1) is 7.46. The van der Waals surface area contributed by atoms with Gasteiger partial charge in [0.25, 0.3) is 5.91 Å². The monoisotopic (exact) mass is 220 g/mol. The Labute approximate surface area is 94.8 Å². The maximum absolute atomic E-state index is 11.7. The second kappa shape index (κ2) is 3.79. The minimum absolute atomic E-state index is 0.128. The van der Waals surface area contributed by atoms with E-state index in [9.17, 15) is 4.79 Å². The molecule has 2 rings (SSSR count). The smallest absolute Gasteiger partial charge is 0.265 e. The molecule has 1 amide bonds. The molecule has 16 heavy (non-hydrogen) atoms. The third-order valence-electron chi connectivity index (χ3n) is 2.42. The summed E-state index contributed by atoms with van der Waals surface area (Å²) in [7, 11) is 0. The first-order valence-electron chi connectivity index (χ1n) is 5.31. The van der Waals surface area contributed by atoms with Crippen LogP contribution in [0.3, 0.4) is 0 Å². The van der Waals surface area contributed by atoms with Crippen molar-refractivity contribution in [2.75, 3.05) is 5.32 Å². The number of benzene rings is 1. The summed E-state index contributed by atoms with van der Waals surface area (Å²) >= 11 is 0. The number of hydrogen-bond acceptors (Lipinski definition) is 3. The maximum atomic E-state index is 11.7. The fourth-order valence-corrected chi connectivity index (χ4v) is 1.70. The molecular formula is C12H16N2O2. The first kappa shape index (κ1) is 11.0. The van der Waals surface area contributed by atoms with E-state index in [1.807, 2.05) is 38.1 Å². The zero-order valence-electron chi connectivity index (χ0n) is 9.49. The molecule has 4 heteroatoms. The van der Waals surface area contributed by atoms with E-state index in [-0.39, 0.29) is 5.91 Å². The first-order valence-corrected chi connectivity index (χ1v) is 5.31. The maximum Gasteiger partial charge on any atom is 0.265 e. The molecule has 86 valence electrons. The number of ether oxygens (including phenoxy) is 1. The number of carbonyl (C=O) groups is 1. The van der Waals surface area contributed by atoms with E-state index in [2.05, 4.69) is 5.32 Å². The molecule has 0 saturated carbocycles. The molecule has 1 aromatic rings. The van der Waals surface area contributed by atoms with Crippen molar-refractivity contribution >= 4 is 11.6 Å². The summed E-state index contributed by atoms with van der Waals surface area (Å²) < 4.78 is 5.63. The number of anilines is 1. The van der Waals surface area contributed by atoms with Gasteiger partial charge in [0.1, 0.15) is 5.75 Å². The molecule has 1 heterocycles. The van der Waals surface area contributed by atoms with E-state index in [1.165, 1.54) is 0 Å². The summed E-state index contributed by atoms with van der Waals surface area (Å²) in [6.07, 6.45) is -0.0115. The highest BCUT2D eigenvalue weighted by atomic mass is 16.5. The zero-order valence-corrected chi connectivity index (χ0v) is 9.49. The zero-order chi connectivity index (χ0) is 11.8. The van der Waals surface area contributed by atoms with Crippen molar-refractivity contribution in [3.05, 3.63) is 24.3 Å². The van der Waals surface area contributed by atoms with Crippen molar-refractivity contribution in [2.45, 2.75) is 31.9 Å². The highest BCUT2D eigenvalue weighted by Crippen LogP contribution is 2.30. The lowest BCUT2D eigenvalue weighted by molar-refractivity contribution is -0.124. The van der Waals surface area contributed by atoms with Crippen molar-refractivity contribution in [3.8, 4) is 5.75 Å². The van der Waals surface area contributed by atoms with E-state index in [0.717, 1.165) is 5.69 Å². The van der Waals surface area contributed by atoms with Crippen LogP contribution in [0.5, 0.6) is 5.75 Å². The lowest BCUT2D eigenvalue weighted by atomic mass is 9.97. The van der Waals surface area contributed by atoms with Crippen molar-refractivity contribution in [1.29, 1.82) is 0 Å². The fraction of sp³-hybridized carbons (Fsp3) is 0.417. The normalized spacial score (nSPS) is 19.7. The molecule has 3 N–H and O–H groups in total. The van der Waals surface area contributed by atoms with Crippen LogP contribution in [0.1, 0.15) is 20.3 Å². The molecule has 0 radical (unpaired) electrons. The second-order valence-electron chi connectivity index (χ2n) is 4.78. The van der Waals surface area contributed by atoms with Crippen molar-refractivity contribution in [3.63, 3.8) is 0 Å². The topological polar surface area (TPSA) is 64.3 Å². The van der Waals surface area contributed by atoms with Crippen molar-refractivity contribution in [2.24, 2.45) is 5.73 Å². The Balaban J connectivity index is 2.18. The van der Waals surface area contributed by atoms with Crippen LogP contribution in [0.4, 0.5) is 5.69 Å². The van der Waals surface area contributed by atoms with Gasteiger partial charge in [-0.1, -0.05) is 12.1 Å². The summed E-state index contributed by atoms with van der Waals surface area (Å²) in [4.78, 5) is 11.7. The van der Waals surface area contributed by atoms with Crippen LogP contribution < -0.4 is 15.8 Å². The summed E-state index contributed by atoms with van der Waals surface area (Å²) in [5.74, 6) is 0.577. The Morgan fingerprint density at radius 1 is 1.44 bits per heavy atom. The lowest BCUT2D eigenvalue weighted by Gasteiger charge is -2.30. The lowest BCUT2D eigenvalue weighted by Crippen LogP contribution is -2.45. The highest BCUT2D eigenvalue weighted by molar-refractivity contribution is 5.97. The van der Waals surface area contributed by atoms with Crippen molar-refractivity contribution < 1.29 is 9.53 Å². The van der Waals surface area contributed by atoms with Crippen LogP contribution in [-0.4, -0.2) is 17.6 Å². The minimum atomic E-state index is -0.505. The van der Waals surface area contributed by atoms with Gasteiger partial charge in [-0.15, -0.1) is 0 Å². The van der Waals surface area contributed by atoms with Gasteiger partial charge in [-0.25, -0.2) is 0 Å². The molecular weight excluding hydrogens is 204 g/mol. The Kier molecular flexibility index (Phi) is 2.59. The Morgan fingerprint density at radius 2 is 2.12 bits per heavy atom. The van der Waals surface area contributed by atoms with Gasteiger partial charge in [-0.3, -0.25) is 4.79 Å². The molecule has 1 aliphatic heterocycles. The number of hydrogen-bond donors (Lipinski definition) is 2. The van der Waals surface area contributed by atoms with E-state index in [4.69, 9.17) is 10.5 Å². The Morgan fingerprint density at radius 3 is 2.81 bits per heavy atom. The molecule has 0 aliphatic carbocycles. The number of fused-ring (bicyclic) bond motifs is 1. The second-order valence-corrected chi connectivity index (χ2v) is 4.78. The molecule has 4 nitrogen and oxygen atoms in total. The third kappa shape index (κ3) is 2.33. The molecule has 1 unspecified atom stereocenters. The van der Waals surface area contributed by atoms with E-state index in [0.29, 0.717) is 12.2 Å². The van der Waals surface area contributed by atoms with Gasteiger partial charge >= 0.3 is 0 Å². The van der Waals surface area contributed by atoms with Crippen LogP contribution in [0, 0.1) is 0 Å². The summed E-state index contributed by atoms with van der Waals surface area (Å²) in [5.41, 5.74) is 6.19. The van der Waals surface area contributed by atoms with Crippen molar-refractivity contribution in [1.82, 2.24) is 0 Å². The fourth-order valence-electron chi connectivity index (χ4n) is 1.70. The predicted octanol–water partition coefficient (Wildman–Crippen LogP) is 1.51. The SMILES string of the molecule is CC(C)(N)CC1Oc2ccccc2NC1=O. The van der Waals surface area contributed by atoms with Gasteiger partial charge in [0.15, 0.2) is 6.10 Å². The van der Waals surface area contributed by atoms with Crippen LogP contribution >= 0.6 is 0 Å². The van der Waals surface area contributed by atoms with Crippen LogP contribution in [0.15, 0.2) is 24.3 Å². The molecule has 0 bridgehead atoms. The number of para-hydroxylation sites is 2. The quantitative estimate of drug-likeness (QED) is 0.794. The molecule has 0 spiro atoms. The number of nitrogens with one attached hydrogen (secondary N) is 1. The molecule has 0 aromatic heterocycles. The average Bonchev–Trinajstić information content (AvgIpc) is 2.17. The Hall–Kier alpha value is -1.55. The summed E-state index contributed by atoms with van der Waals surface area (Å²) in [6.45, 7) is 3.76. The van der Waals surface area contributed by atoms with Gasteiger partial charge in [0, 0.05) is 12.0 Å². The molecule has 1 aromatic carbocycles. The molecule has 1 aliphatic rings.